The average Bonchev–Trinajstić information content (AvgIpc) is 3.30. The molecule has 0 aliphatic heterocycles. The van der Waals surface area contributed by atoms with Crippen molar-refractivity contribution in [2.75, 3.05) is 24.1 Å². The molecule has 1 amide bonds. The summed E-state index contributed by atoms with van der Waals surface area (Å²) in [5.41, 5.74) is 3.15. The molecule has 38 heavy (non-hydrogen) atoms. The number of alkyl carbamates (subject to hydrolysis) is 1. The Kier molecular flexibility index (Phi) is 9.95. The van der Waals surface area contributed by atoms with Crippen LogP contribution in [0.25, 0.3) is 0 Å². The Labute approximate surface area is 239 Å². The molecule has 11 heteroatoms. The summed E-state index contributed by atoms with van der Waals surface area (Å²) in [6, 6.07) is 14.9. The molecule has 1 aromatic heterocycles. The maximum Gasteiger partial charge on any atom is 0.407 e. The van der Waals surface area contributed by atoms with Crippen LogP contribution in [-0.2, 0) is 28.8 Å². The van der Waals surface area contributed by atoms with Gasteiger partial charge < -0.3 is 19.3 Å². The van der Waals surface area contributed by atoms with E-state index in [0.29, 0.717) is 27.2 Å². The zero-order valence-corrected chi connectivity index (χ0v) is 24.2. The molecule has 3 unspecified atom stereocenters. The number of carbonyl (C=O) groups excluding carboxylic acids is 1. The van der Waals surface area contributed by atoms with Gasteiger partial charge in [0.2, 0.25) is 0 Å². The highest BCUT2D eigenvalue weighted by atomic mass is 35.5. The summed E-state index contributed by atoms with van der Waals surface area (Å²) < 4.78 is 36.0. The van der Waals surface area contributed by atoms with E-state index in [2.05, 4.69) is 5.32 Å². The lowest BCUT2D eigenvalue weighted by Gasteiger charge is -2.34. The first-order chi connectivity index (χ1) is 18.2. The quantitative estimate of drug-likeness (QED) is 0.273. The van der Waals surface area contributed by atoms with Crippen molar-refractivity contribution in [1.29, 1.82) is 0 Å². The van der Waals surface area contributed by atoms with E-state index in [1.54, 1.807) is 25.1 Å². The molecule has 0 bridgehead atoms. The van der Waals surface area contributed by atoms with Crippen molar-refractivity contribution in [3.05, 3.63) is 80.1 Å². The van der Waals surface area contributed by atoms with E-state index in [9.17, 15) is 13.6 Å². The molecule has 0 saturated heterocycles. The van der Waals surface area contributed by atoms with Gasteiger partial charge >= 0.3 is 6.09 Å². The predicted molar refractivity (Wildman–Crippen MR) is 152 cm³/mol. The molecule has 1 aliphatic carbocycles. The van der Waals surface area contributed by atoms with Crippen LogP contribution in [0.1, 0.15) is 40.8 Å². The van der Waals surface area contributed by atoms with Crippen molar-refractivity contribution in [3.8, 4) is 5.75 Å². The highest BCUT2D eigenvalue weighted by Gasteiger charge is 2.32. The largest absolute Gasteiger partial charge is 0.755 e. The standard InChI is InChI=1S/C27H30Cl2N2O5S2/c1-3-35-27(32)30-25-10-7-18-6-9-21(36-13-12-31(38(33)34)26-11-4-17(2)37-26)16-22(18)23(25)14-19-5-8-20(28)15-24(19)29/h4-6,8-9,11,15-16,23,25H,3,7,10,12-14H2,1-2H3,(H,30,32)(H,33,34)/p-1. The molecular formula is C27H29Cl2N2O5S2-. The molecule has 4 rings (SSSR count). The van der Waals surface area contributed by atoms with Crippen molar-refractivity contribution >= 4 is 56.9 Å². The van der Waals surface area contributed by atoms with Crippen molar-refractivity contribution in [2.24, 2.45) is 0 Å². The first-order valence-corrected chi connectivity index (χ1v) is 14.9. The minimum atomic E-state index is -2.41. The van der Waals surface area contributed by atoms with Crippen molar-refractivity contribution in [3.63, 3.8) is 0 Å². The Balaban J connectivity index is 1.55. The number of hydrogen-bond donors (Lipinski definition) is 1. The van der Waals surface area contributed by atoms with E-state index in [0.717, 1.165) is 28.8 Å². The fraction of sp³-hybridized carbons (Fsp3) is 0.370. The van der Waals surface area contributed by atoms with Gasteiger partial charge in [-0.05, 0) is 86.2 Å². The number of aryl methyl sites for hydroxylation is 2. The third kappa shape index (κ3) is 7.21. The SMILES string of the molecule is CCOC(=O)NC1CCc2ccc(OCCN(c3ccc(C)s3)S(=O)[O-])cc2C1Cc1ccc(Cl)cc1Cl. The minimum absolute atomic E-state index is 0.0786. The number of amides is 1. The summed E-state index contributed by atoms with van der Waals surface area (Å²) >= 11 is 11.6. The zero-order chi connectivity index (χ0) is 27.2. The number of halogens is 2. The molecule has 0 spiro atoms. The Morgan fingerprint density at radius 3 is 2.71 bits per heavy atom. The molecule has 204 valence electrons. The van der Waals surface area contributed by atoms with Crippen molar-refractivity contribution < 1.29 is 23.0 Å². The third-order valence-electron chi connectivity index (χ3n) is 6.48. The number of benzene rings is 2. The summed E-state index contributed by atoms with van der Waals surface area (Å²) in [5, 5.41) is 4.81. The van der Waals surface area contributed by atoms with E-state index in [-0.39, 0.29) is 31.7 Å². The molecule has 3 atom stereocenters. The summed E-state index contributed by atoms with van der Waals surface area (Å²) in [5.74, 6) is 0.553. The molecule has 1 aliphatic rings. The molecule has 3 aromatic rings. The molecular weight excluding hydrogens is 567 g/mol. The Bertz CT molecular complexity index is 1300. The number of hydrogen-bond acceptors (Lipinski definition) is 6. The number of anilines is 1. The molecule has 7 nitrogen and oxygen atoms in total. The lowest BCUT2D eigenvalue weighted by Crippen LogP contribution is -2.43. The van der Waals surface area contributed by atoms with Gasteiger partial charge in [0, 0.05) is 38.1 Å². The summed E-state index contributed by atoms with van der Waals surface area (Å²) in [6.07, 6.45) is 1.68. The number of thiophene rings is 1. The van der Waals surface area contributed by atoms with Crippen LogP contribution in [0.5, 0.6) is 5.75 Å². The maximum absolute atomic E-state index is 12.3. The molecule has 2 aromatic carbocycles. The first-order valence-electron chi connectivity index (χ1n) is 12.3. The summed E-state index contributed by atoms with van der Waals surface area (Å²) in [7, 11) is 0. The monoisotopic (exact) mass is 595 g/mol. The number of fused-ring (bicyclic) bond motifs is 1. The fourth-order valence-electron chi connectivity index (χ4n) is 4.70. The summed E-state index contributed by atoms with van der Waals surface area (Å²) in [4.78, 5) is 13.4. The normalized spacial score (nSPS) is 17.4. The second kappa shape index (κ2) is 13.2. The highest BCUT2D eigenvalue weighted by molar-refractivity contribution is 7.81. The Morgan fingerprint density at radius 2 is 2.03 bits per heavy atom. The van der Waals surface area contributed by atoms with E-state index < -0.39 is 17.4 Å². The van der Waals surface area contributed by atoms with Crippen LogP contribution in [-0.4, -0.2) is 40.7 Å². The lowest BCUT2D eigenvalue weighted by atomic mass is 9.76. The molecule has 0 saturated carbocycles. The second-order valence-electron chi connectivity index (χ2n) is 8.97. The van der Waals surface area contributed by atoms with Crippen LogP contribution < -0.4 is 14.4 Å². The topological polar surface area (TPSA) is 90.9 Å². The van der Waals surface area contributed by atoms with Gasteiger partial charge in [-0.15, -0.1) is 11.3 Å². The van der Waals surface area contributed by atoms with Gasteiger partial charge in [0.1, 0.15) is 17.4 Å². The van der Waals surface area contributed by atoms with Gasteiger partial charge in [0.05, 0.1) is 13.2 Å². The number of nitrogens with zero attached hydrogens (tertiary/aromatic N) is 1. The first kappa shape index (κ1) is 28.7. The van der Waals surface area contributed by atoms with E-state index >= 15 is 0 Å². The average molecular weight is 597 g/mol. The van der Waals surface area contributed by atoms with E-state index in [1.165, 1.54) is 21.2 Å². The van der Waals surface area contributed by atoms with Gasteiger partial charge in [-0.1, -0.05) is 35.3 Å². The van der Waals surface area contributed by atoms with Crippen LogP contribution in [0.15, 0.2) is 48.5 Å². The van der Waals surface area contributed by atoms with Crippen molar-refractivity contribution in [1.82, 2.24) is 5.32 Å². The number of rotatable bonds is 10. The van der Waals surface area contributed by atoms with Crippen LogP contribution in [0.3, 0.4) is 0 Å². The zero-order valence-electron chi connectivity index (χ0n) is 21.1. The second-order valence-corrected chi connectivity index (χ2v) is 12.0. The molecule has 1 N–H and O–H groups in total. The van der Waals surface area contributed by atoms with E-state index in [1.807, 2.05) is 37.3 Å². The molecule has 0 radical (unpaired) electrons. The highest BCUT2D eigenvalue weighted by Crippen LogP contribution is 2.38. The Morgan fingerprint density at radius 1 is 1.21 bits per heavy atom. The number of carbonyl (C=O) groups is 1. The molecule has 1 heterocycles. The minimum Gasteiger partial charge on any atom is -0.755 e. The van der Waals surface area contributed by atoms with Crippen LogP contribution in [0, 0.1) is 6.92 Å². The van der Waals surface area contributed by atoms with Gasteiger partial charge in [-0.3, -0.25) is 8.51 Å². The summed E-state index contributed by atoms with van der Waals surface area (Å²) in [6.45, 7) is 4.36. The smallest absolute Gasteiger partial charge is 0.407 e. The predicted octanol–water partition coefficient (Wildman–Crippen LogP) is 6.43. The van der Waals surface area contributed by atoms with Crippen LogP contribution in [0.2, 0.25) is 10.0 Å². The number of nitrogens with one attached hydrogen (secondary N) is 1. The molecule has 0 fully saturated rings. The Hall–Kier alpha value is -2.30. The van der Waals surface area contributed by atoms with Crippen molar-refractivity contribution in [2.45, 2.75) is 45.1 Å². The van der Waals surface area contributed by atoms with Crippen LogP contribution in [0.4, 0.5) is 9.80 Å². The van der Waals surface area contributed by atoms with Crippen LogP contribution >= 0.6 is 34.5 Å². The van der Waals surface area contributed by atoms with E-state index in [4.69, 9.17) is 32.7 Å². The van der Waals surface area contributed by atoms with Gasteiger partial charge in [-0.2, -0.15) is 0 Å². The maximum atomic E-state index is 12.3. The fourth-order valence-corrected chi connectivity index (χ4v) is 6.70. The van der Waals surface area contributed by atoms with Gasteiger partial charge in [0.25, 0.3) is 0 Å². The lowest BCUT2D eigenvalue weighted by molar-refractivity contribution is 0.144. The third-order valence-corrected chi connectivity index (χ3v) is 8.94. The van der Waals surface area contributed by atoms with Gasteiger partial charge in [-0.25, -0.2) is 4.79 Å². The number of ether oxygens (including phenoxy) is 2. The van der Waals surface area contributed by atoms with Gasteiger partial charge in [0.15, 0.2) is 0 Å².